The molecule has 1 unspecified atom stereocenters. The van der Waals surface area contributed by atoms with Gasteiger partial charge in [0.2, 0.25) is 0 Å². The fraction of sp³-hybridized carbons (Fsp3) is 0.714. The first-order chi connectivity index (χ1) is 4.48. The Morgan fingerprint density at radius 1 is 1.60 bits per heavy atom. The molecule has 0 saturated heterocycles. The van der Waals surface area contributed by atoms with Gasteiger partial charge in [0.1, 0.15) is 0 Å². The number of hydrogen-bond donors (Lipinski definition) is 1. The van der Waals surface area contributed by atoms with E-state index in [-0.39, 0.29) is 4.75 Å². The second-order valence-electron chi connectivity index (χ2n) is 3.02. The summed E-state index contributed by atoms with van der Waals surface area (Å²) in [5, 5.41) is 0. The average molecular weight is 161 g/mol. The molecule has 1 atom stereocenters. The highest BCUT2D eigenvalue weighted by molar-refractivity contribution is 7.84. The molecular formula is C7H15NOS. The number of hydrogen-bond acceptors (Lipinski definition) is 1. The molecule has 0 saturated carbocycles. The lowest BCUT2D eigenvalue weighted by atomic mass is 10.3. The van der Waals surface area contributed by atoms with Crippen LogP contribution in [0.1, 0.15) is 20.8 Å². The quantitative estimate of drug-likeness (QED) is 0.620. The molecule has 1 N–H and O–H groups in total. The Balaban J connectivity index is 3.74. The maximum absolute atomic E-state index is 11.2. The van der Waals surface area contributed by atoms with Crippen LogP contribution >= 0.6 is 0 Å². The predicted molar refractivity (Wildman–Crippen MR) is 46.1 cm³/mol. The predicted octanol–water partition coefficient (Wildman–Crippen LogP) is 1.22. The summed E-state index contributed by atoms with van der Waals surface area (Å²) in [6.45, 7) is 9.91. The number of nitrogens with one attached hydrogen (secondary N) is 1. The summed E-state index contributed by atoms with van der Waals surface area (Å²) in [4.78, 5) is 0. The van der Waals surface area contributed by atoms with E-state index in [1.807, 2.05) is 20.8 Å². The molecule has 0 aliphatic carbocycles. The van der Waals surface area contributed by atoms with Crippen molar-refractivity contribution in [3.63, 3.8) is 0 Å². The Labute approximate surface area is 65.3 Å². The van der Waals surface area contributed by atoms with Crippen LogP contribution in [-0.4, -0.2) is 15.5 Å². The van der Waals surface area contributed by atoms with Crippen molar-refractivity contribution in [2.75, 3.05) is 6.54 Å². The molecule has 0 fully saturated rings. The molecule has 0 bridgehead atoms. The molecule has 0 rings (SSSR count). The van der Waals surface area contributed by atoms with Crippen LogP contribution < -0.4 is 4.72 Å². The minimum absolute atomic E-state index is 0.178. The summed E-state index contributed by atoms with van der Waals surface area (Å²) in [5.41, 5.74) is 0. The van der Waals surface area contributed by atoms with E-state index in [0.29, 0.717) is 6.54 Å². The molecule has 0 aromatic rings. The largest absolute Gasteiger partial charge is 0.242 e. The normalized spacial score (nSPS) is 14.7. The summed E-state index contributed by atoms with van der Waals surface area (Å²) < 4.78 is 13.8. The van der Waals surface area contributed by atoms with Crippen LogP contribution in [-0.2, 0) is 11.0 Å². The van der Waals surface area contributed by atoms with Crippen molar-refractivity contribution in [3.8, 4) is 0 Å². The fourth-order valence-electron chi connectivity index (χ4n) is 0.351. The molecule has 60 valence electrons. The van der Waals surface area contributed by atoms with Gasteiger partial charge in [-0.25, -0.2) is 8.93 Å². The summed E-state index contributed by atoms with van der Waals surface area (Å²) >= 11 is 0. The topological polar surface area (TPSA) is 29.1 Å². The molecule has 10 heavy (non-hydrogen) atoms. The van der Waals surface area contributed by atoms with Crippen molar-refractivity contribution in [3.05, 3.63) is 12.7 Å². The van der Waals surface area contributed by atoms with Crippen LogP contribution in [0.4, 0.5) is 0 Å². The zero-order valence-corrected chi connectivity index (χ0v) is 7.62. The van der Waals surface area contributed by atoms with Gasteiger partial charge in [-0.2, -0.15) is 0 Å². The van der Waals surface area contributed by atoms with Crippen molar-refractivity contribution >= 4 is 11.0 Å². The Hall–Kier alpha value is -0.150. The summed E-state index contributed by atoms with van der Waals surface area (Å²) in [7, 11) is -0.958. The Kier molecular flexibility index (Phi) is 3.83. The zero-order chi connectivity index (χ0) is 8.20. The Bertz CT molecular complexity index is 137. The maximum atomic E-state index is 11.2. The van der Waals surface area contributed by atoms with Gasteiger partial charge < -0.3 is 0 Å². The third kappa shape index (κ3) is 3.80. The lowest BCUT2D eigenvalue weighted by Gasteiger charge is -2.16. The van der Waals surface area contributed by atoms with Crippen molar-refractivity contribution in [2.45, 2.75) is 25.5 Å². The van der Waals surface area contributed by atoms with Gasteiger partial charge in [0.25, 0.3) is 0 Å². The summed E-state index contributed by atoms with van der Waals surface area (Å²) in [5.74, 6) is 0. The van der Waals surface area contributed by atoms with Crippen LogP contribution in [0.5, 0.6) is 0 Å². The summed E-state index contributed by atoms with van der Waals surface area (Å²) in [6, 6.07) is 0. The van der Waals surface area contributed by atoms with Gasteiger partial charge in [-0.15, -0.1) is 6.58 Å². The number of rotatable bonds is 3. The Morgan fingerprint density at radius 3 is 2.40 bits per heavy atom. The highest BCUT2D eigenvalue weighted by atomic mass is 32.2. The lowest BCUT2D eigenvalue weighted by Crippen LogP contribution is -2.33. The molecule has 0 aliphatic heterocycles. The van der Waals surface area contributed by atoms with Crippen LogP contribution in [0, 0.1) is 0 Å². The van der Waals surface area contributed by atoms with Gasteiger partial charge in [-0.3, -0.25) is 0 Å². The minimum Gasteiger partial charge on any atom is -0.242 e. The second kappa shape index (κ2) is 3.88. The average Bonchev–Trinajstić information content (AvgIpc) is 1.80. The molecule has 3 heteroatoms. The van der Waals surface area contributed by atoms with E-state index in [0.717, 1.165) is 0 Å². The van der Waals surface area contributed by atoms with E-state index in [9.17, 15) is 4.21 Å². The molecule has 0 radical (unpaired) electrons. The molecular weight excluding hydrogens is 146 g/mol. The van der Waals surface area contributed by atoms with Gasteiger partial charge in [0.05, 0.1) is 15.7 Å². The molecule has 0 spiro atoms. The van der Waals surface area contributed by atoms with Crippen molar-refractivity contribution < 1.29 is 4.21 Å². The van der Waals surface area contributed by atoms with Gasteiger partial charge in [-0.05, 0) is 20.8 Å². The van der Waals surface area contributed by atoms with E-state index in [4.69, 9.17) is 0 Å². The van der Waals surface area contributed by atoms with Crippen LogP contribution in [0.2, 0.25) is 0 Å². The summed E-state index contributed by atoms with van der Waals surface area (Å²) in [6.07, 6.45) is 1.70. The van der Waals surface area contributed by atoms with E-state index in [2.05, 4.69) is 11.3 Å². The first-order valence-electron chi connectivity index (χ1n) is 3.24. The monoisotopic (exact) mass is 161 g/mol. The third-order valence-corrected chi connectivity index (χ3v) is 2.46. The Morgan fingerprint density at radius 2 is 2.10 bits per heavy atom. The highest BCUT2D eigenvalue weighted by Crippen LogP contribution is 2.07. The van der Waals surface area contributed by atoms with Crippen LogP contribution in [0.25, 0.3) is 0 Å². The molecule has 0 aliphatic rings. The van der Waals surface area contributed by atoms with E-state index < -0.39 is 11.0 Å². The first-order valence-corrected chi connectivity index (χ1v) is 4.39. The van der Waals surface area contributed by atoms with Gasteiger partial charge in [0.15, 0.2) is 0 Å². The van der Waals surface area contributed by atoms with E-state index in [1.54, 1.807) is 6.08 Å². The molecule has 0 amide bonds. The second-order valence-corrected chi connectivity index (χ2v) is 5.07. The van der Waals surface area contributed by atoms with Crippen molar-refractivity contribution in [1.82, 2.24) is 4.72 Å². The van der Waals surface area contributed by atoms with E-state index in [1.165, 1.54) is 0 Å². The fourth-order valence-corrected chi connectivity index (χ4v) is 1.05. The molecule has 2 nitrogen and oxygen atoms in total. The first kappa shape index (κ1) is 9.85. The van der Waals surface area contributed by atoms with Gasteiger partial charge in [0, 0.05) is 6.54 Å². The van der Waals surface area contributed by atoms with Crippen molar-refractivity contribution in [1.29, 1.82) is 0 Å². The molecule has 0 aromatic carbocycles. The van der Waals surface area contributed by atoms with Gasteiger partial charge >= 0.3 is 0 Å². The maximum Gasteiger partial charge on any atom is 0.0973 e. The molecule has 0 aromatic heterocycles. The van der Waals surface area contributed by atoms with Crippen LogP contribution in [0.3, 0.4) is 0 Å². The zero-order valence-electron chi connectivity index (χ0n) is 6.81. The highest BCUT2D eigenvalue weighted by Gasteiger charge is 2.17. The van der Waals surface area contributed by atoms with Crippen molar-refractivity contribution in [2.24, 2.45) is 0 Å². The minimum atomic E-state index is -0.958. The third-order valence-electron chi connectivity index (χ3n) is 0.915. The SMILES string of the molecule is C=CCNS(=O)C(C)(C)C. The van der Waals surface area contributed by atoms with E-state index >= 15 is 0 Å². The van der Waals surface area contributed by atoms with Gasteiger partial charge in [-0.1, -0.05) is 6.08 Å². The lowest BCUT2D eigenvalue weighted by molar-refractivity contribution is 0.639. The van der Waals surface area contributed by atoms with Crippen LogP contribution in [0.15, 0.2) is 12.7 Å². The smallest absolute Gasteiger partial charge is 0.0973 e. The standard InChI is InChI=1S/C7H15NOS/c1-5-6-8-10(9)7(2,3)4/h5,8H,1,6H2,2-4H3. The molecule has 0 heterocycles.